The number of aromatic nitrogens is 2. The predicted octanol–water partition coefficient (Wildman–Crippen LogP) is 3.60. The maximum absolute atomic E-state index is 11.5. The molecule has 0 aliphatic carbocycles. The molecule has 0 N–H and O–H groups in total. The second-order valence-corrected chi connectivity index (χ2v) is 4.97. The Morgan fingerprint density at radius 1 is 1.33 bits per heavy atom. The molecule has 5 heteroatoms. The normalized spacial score (nSPS) is 10.4. The van der Waals surface area contributed by atoms with Crippen molar-refractivity contribution in [1.29, 1.82) is 0 Å². The molecule has 0 fully saturated rings. The molecule has 0 aliphatic rings. The zero-order chi connectivity index (χ0) is 15.2. The van der Waals surface area contributed by atoms with Crippen molar-refractivity contribution in [3.63, 3.8) is 0 Å². The molecule has 21 heavy (non-hydrogen) atoms. The monoisotopic (exact) mass is 304 g/mol. The van der Waals surface area contributed by atoms with Gasteiger partial charge in [0.25, 0.3) is 0 Å². The van der Waals surface area contributed by atoms with Crippen LogP contribution in [0.15, 0.2) is 30.6 Å². The number of hydrogen-bond donors (Lipinski definition) is 0. The Balaban J connectivity index is 2.25. The number of carbonyl (C=O) groups excluding carboxylic acids is 1. The molecule has 0 saturated carbocycles. The maximum Gasteiger partial charge on any atom is 0.306 e. The summed E-state index contributed by atoms with van der Waals surface area (Å²) >= 11 is 6.17. The smallest absolute Gasteiger partial charge is 0.306 e. The van der Waals surface area contributed by atoms with Crippen LogP contribution >= 0.6 is 11.6 Å². The number of hydrogen-bond acceptors (Lipinski definition) is 4. The minimum absolute atomic E-state index is 0.223. The van der Waals surface area contributed by atoms with Gasteiger partial charge in [-0.2, -0.15) is 0 Å². The summed E-state index contributed by atoms with van der Waals surface area (Å²) < 4.78 is 4.93. The van der Waals surface area contributed by atoms with E-state index in [-0.39, 0.29) is 5.97 Å². The van der Waals surface area contributed by atoms with Crippen LogP contribution in [0.3, 0.4) is 0 Å². The van der Waals surface area contributed by atoms with E-state index in [1.54, 1.807) is 19.3 Å². The molecule has 0 atom stereocenters. The van der Waals surface area contributed by atoms with Crippen molar-refractivity contribution < 1.29 is 9.53 Å². The molecule has 0 unspecified atom stereocenters. The van der Waals surface area contributed by atoms with Gasteiger partial charge in [-0.1, -0.05) is 11.6 Å². The molecule has 0 amide bonds. The summed E-state index contributed by atoms with van der Waals surface area (Å²) in [4.78, 5) is 19.8. The van der Waals surface area contributed by atoms with Crippen LogP contribution in [0.4, 0.5) is 0 Å². The van der Waals surface area contributed by atoms with Crippen molar-refractivity contribution in [1.82, 2.24) is 9.97 Å². The van der Waals surface area contributed by atoms with E-state index in [0.717, 1.165) is 22.4 Å². The van der Waals surface area contributed by atoms with Gasteiger partial charge in [0, 0.05) is 30.1 Å². The molecule has 4 nitrogen and oxygen atoms in total. The number of aryl methyl sites for hydroxylation is 2. The fraction of sp³-hybridized carbons (Fsp3) is 0.312. The van der Waals surface area contributed by atoms with Gasteiger partial charge >= 0.3 is 5.97 Å². The first-order valence-electron chi connectivity index (χ1n) is 6.84. The fourth-order valence-corrected chi connectivity index (χ4v) is 2.36. The third-order valence-corrected chi connectivity index (χ3v) is 3.46. The summed E-state index contributed by atoms with van der Waals surface area (Å²) in [5.74, 6) is -0.223. The van der Waals surface area contributed by atoms with Crippen molar-refractivity contribution in [3.8, 4) is 11.1 Å². The number of carbonyl (C=O) groups is 1. The first-order valence-corrected chi connectivity index (χ1v) is 7.21. The first-order chi connectivity index (χ1) is 10.1. The Hall–Kier alpha value is -1.94. The molecule has 0 spiro atoms. The van der Waals surface area contributed by atoms with Crippen molar-refractivity contribution >= 4 is 17.6 Å². The lowest BCUT2D eigenvalue weighted by Gasteiger charge is -2.10. The molecule has 110 valence electrons. The number of ether oxygens (including phenoxy) is 1. The molecule has 0 bridgehead atoms. The van der Waals surface area contributed by atoms with Crippen LogP contribution in [0, 0.1) is 6.92 Å². The summed E-state index contributed by atoms with van der Waals surface area (Å²) in [5.41, 5.74) is 3.73. The van der Waals surface area contributed by atoms with Crippen molar-refractivity contribution in [2.75, 3.05) is 6.61 Å². The highest BCUT2D eigenvalue weighted by molar-refractivity contribution is 6.30. The van der Waals surface area contributed by atoms with Crippen LogP contribution in [-0.2, 0) is 16.0 Å². The van der Waals surface area contributed by atoms with Crippen LogP contribution in [0.5, 0.6) is 0 Å². The van der Waals surface area contributed by atoms with Crippen molar-refractivity contribution in [2.45, 2.75) is 26.7 Å². The molecule has 2 rings (SSSR count). The van der Waals surface area contributed by atoms with Gasteiger partial charge in [-0.05, 0) is 49.6 Å². The highest BCUT2D eigenvalue weighted by atomic mass is 35.5. The number of rotatable bonds is 5. The minimum atomic E-state index is -0.223. The third-order valence-electron chi connectivity index (χ3n) is 3.13. The topological polar surface area (TPSA) is 52.1 Å². The lowest BCUT2D eigenvalue weighted by atomic mass is 10.0. The van der Waals surface area contributed by atoms with Gasteiger partial charge in [0.2, 0.25) is 0 Å². The molecule has 0 aromatic carbocycles. The van der Waals surface area contributed by atoms with Crippen molar-refractivity contribution in [2.24, 2.45) is 0 Å². The van der Waals surface area contributed by atoms with Crippen LogP contribution in [0.2, 0.25) is 5.15 Å². The van der Waals surface area contributed by atoms with Crippen LogP contribution < -0.4 is 0 Å². The Kier molecular flexibility index (Phi) is 5.28. The molecule has 2 aromatic rings. The standard InChI is InChI=1S/C16H17ClN2O2/c1-3-21-15(20)5-4-13-10-14(11(2)19-16(13)17)12-6-8-18-9-7-12/h6-10H,3-5H2,1-2H3. The van der Waals surface area contributed by atoms with E-state index in [1.807, 2.05) is 25.1 Å². The van der Waals surface area contributed by atoms with E-state index < -0.39 is 0 Å². The lowest BCUT2D eigenvalue weighted by Crippen LogP contribution is -2.06. The quantitative estimate of drug-likeness (QED) is 0.625. The second kappa shape index (κ2) is 7.18. The van der Waals surface area contributed by atoms with E-state index >= 15 is 0 Å². The lowest BCUT2D eigenvalue weighted by molar-refractivity contribution is -0.143. The number of esters is 1. The second-order valence-electron chi connectivity index (χ2n) is 4.61. The number of nitrogens with zero attached hydrogens (tertiary/aromatic N) is 2. The Morgan fingerprint density at radius 2 is 2.05 bits per heavy atom. The molecule has 0 saturated heterocycles. The van der Waals surface area contributed by atoms with Gasteiger partial charge in [-0.15, -0.1) is 0 Å². The number of pyridine rings is 2. The van der Waals surface area contributed by atoms with Gasteiger partial charge in [-0.25, -0.2) is 4.98 Å². The zero-order valence-corrected chi connectivity index (χ0v) is 12.9. The van der Waals surface area contributed by atoms with Crippen LogP contribution in [0.25, 0.3) is 11.1 Å². The molecule has 0 aliphatic heterocycles. The van der Waals surface area contributed by atoms with Gasteiger partial charge in [0.1, 0.15) is 5.15 Å². The highest BCUT2D eigenvalue weighted by Gasteiger charge is 2.11. The summed E-state index contributed by atoms with van der Waals surface area (Å²) in [6, 6.07) is 5.83. The molecule has 2 heterocycles. The van der Waals surface area contributed by atoms with Crippen LogP contribution in [0.1, 0.15) is 24.6 Å². The maximum atomic E-state index is 11.5. The molecular formula is C16H17ClN2O2. The third kappa shape index (κ3) is 4.02. The van der Waals surface area contributed by atoms with Gasteiger partial charge in [0.15, 0.2) is 0 Å². The fourth-order valence-electron chi connectivity index (χ4n) is 2.09. The van der Waals surface area contributed by atoms with Gasteiger partial charge in [0.05, 0.1) is 6.61 Å². The van der Waals surface area contributed by atoms with Crippen LogP contribution in [-0.4, -0.2) is 22.5 Å². The zero-order valence-electron chi connectivity index (χ0n) is 12.1. The summed E-state index contributed by atoms with van der Waals surface area (Å²) in [5, 5.41) is 0.439. The van der Waals surface area contributed by atoms with Gasteiger partial charge < -0.3 is 4.74 Å². The summed E-state index contributed by atoms with van der Waals surface area (Å²) in [7, 11) is 0. The molecule has 0 radical (unpaired) electrons. The van der Waals surface area contributed by atoms with Gasteiger partial charge in [-0.3, -0.25) is 9.78 Å². The average Bonchev–Trinajstić information content (AvgIpc) is 2.47. The summed E-state index contributed by atoms with van der Waals surface area (Å²) in [6.45, 7) is 4.09. The minimum Gasteiger partial charge on any atom is -0.466 e. The van der Waals surface area contributed by atoms with E-state index in [4.69, 9.17) is 16.3 Å². The Morgan fingerprint density at radius 3 is 2.71 bits per heavy atom. The molecule has 2 aromatic heterocycles. The molecular weight excluding hydrogens is 288 g/mol. The summed E-state index contributed by atoms with van der Waals surface area (Å²) in [6.07, 6.45) is 4.29. The first kappa shape index (κ1) is 15.4. The van der Waals surface area contributed by atoms with E-state index in [1.165, 1.54) is 0 Å². The Bertz CT molecular complexity index is 630. The highest BCUT2D eigenvalue weighted by Crippen LogP contribution is 2.27. The van der Waals surface area contributed by atoms with Crippen molar-refractivity contribution in [3.05, 3.63) is 47.0 Å². The largest absolute Gasteiger partial charge is 0.466 e. The van der Waals surface area contributed by atoms with E-state index in [2.05, 4.69) is 9.97 Å². The predicted molar refractivity (Wildman–Crippen MR) is 82.2 cm³/mol. The Labute approximate surface area is 129 Å². The average molecular weight is 305 g/mol. The SMILES string of the molecule is CCOC(=O)CCc1cc(-c2ccncc2)c(C)nc1Cl. The van der Waals surface area contributed by atoms with E-state index in [0.29, 0.717) is 24.6 Å². The number of halogens is 1. The van der Waals surface area contributed by atoms with E-state index in [9.17, 15) is 4.79 Å².